The van der Waals surface area contributed by atoms with Crippen LogP contribution in [0.25, 0.3) is 0 Å². The zero-order valence-electron chi connectivity index (χ0n) is 9.51. The summed E-state index contributed by atoms with van der Waals surface area (Å²) in [6.07, 6.45) is 1.60. The van der Waals surface area contributed by atoms with Crippen molar-refractivity contribution in [2.75, 3.05) is 13.2 Å². The van der Waals surface area contributed by atoms with Gasteiger partial charge in [0, 0.05) is 25.3 Å². The molecule has 0 saturated heterocycles. The number of nitrogens with zero attached hydrogens (tertiary/aromatic N) is 1. The first-order chi connectivity index (χ1) is 6.66. The second-order valence-electron chi connectivity index (χ2n) is 3.40. The molecular formula is C10H21NO2Si. The second kappa shape index (κ2) is 9.09. The van der Waals surface area contributed by atoms with Gasteiger partial charge in [-0.05, 0) is 33.2 Å². The standard InChI is InChI=1S/C10H21NO2Si/c1-4-13-14-7-5-6-11-9(2)8-10(3)12/h4-8,14H2,1-3H3. The smallest absolute Gasteiger partial charge is 0.161 e. The van der Waals surface area contributed by atoms with E-state index in [0.717, 1.165) is 25.3 Å². The molecule has 0 radical (unpaired) electrons. The van der Waals surface area contributed by atoms with Crippen molar-refractivity contribution in [3.05, 3.63) is 0 Å². The van der Waals surface area contributed by atoms with E-state index in [4.69, 9.17) is 4.43 Å². The summed E-state index contributed by atoms with van der Waals surface area (Å²) in [5, 5.41) is 0. The summed E-state index contributed by atoms with van der Waals surface area (Å²) in [7, 11) is -0.292. The maximum absolute atomic E-state index is 10.7. The molecule has 0 atom stereocenters. The Bertz CT molecular complexity index is 193. The van der Waals surface area contributed by atoms with Crippen molar-refractivity contribution in [2.45, 2.75) is 39.7 Å². The van der Waals surface area contributed by atoms with E-state index in [-0.39, 0.29) is 15.5 Å². The lowest BCUT2D eigenvalue weighted by Gasteiger charge is -1.99. The van der Waals surface area contributed by atoms with E-state index in [2.05, 4.69) is 4.99 Å². The summed E-state index contributed by atoms with van der Waals surface area (Å²) < 4.78 is 5.34. The normalized spacial score (nSPS) is 12.6. The highest BCUT2D eigenvalue weighted by Crippen LogP contribution is 1.94. The lowest BCUT2D eigenvalue weighted by Crippen LogP contribution is -2.02. The van der Waals surface area contributed by atoms with E-state index < -0.39 is 0 Å². The zero-order valence-corrected chi connectivity index (χ0v) is 10.9. The van der Waals surface area contributed by atoms with Gasteiger partial charge in [-0.25, -0.2) is 0 Å². The molecule has 0 aliphatic carbocycles. The van der Waals surface area contributed by atoms with E-state index in [1.807, 2.05) is 13.8 Å². The molecule has 0 saturated carbocycles. The predicted octanol–water partition coefficient (Wildman–Crippen LogP) is 1.36. The zero-order chi connectivity index (χ0) is 10.8. The molecule has 0 aliphatic rings. The number of Topliss-reactive ketones (excluding diaryl/α,β-unsaturated/α-hetero) is 1. The molecule has 0 aliphatic heterocycles. The first kappa shape index (κ1) is 13.5. The Hall–Kier alpha value is -0.483. The highest BCUT2D eigenvalue weighted by Gasteiger charge is 1.96. The van der Waals surface area contributed by atoms with Crippen molar-refractivity contribution in [1.29, 1.82) is 0 Å². The minimum absolute atomic E-state index is 0.190. The number of ketones is 1. The van der Waals surface area contributed by atoms with Crippen LogP contribution in [0.4, 0.5) is 0 Å². The van der Waals surface area contributed by atoms with Gasteiger partial charge < -0.3 is 4.43 Å². The minimum atomic E-state index is -0.292. The SMILES string of the molecule is CCO[SiH2]CCCN=C(C)CC(C)=O. The van der Waals surface area contributed by atoms with Crippen molar-refractivity contribution in [2.24, 2.45) is 4.99 Å². The minimum Gasteiger partial charge on any atom is -0.424 e. The Morgan fingerprint density at radius 3 is 2.71 bits per heavy atom. The third-order valence-electron chi connectivity index (χ3n) is 1.79. The van der Waals surface area contributed by atoms with Crippen molar-refractivity contribution in [3.63, 3.8) is 0 Å². The maximum Gasteiger partial charge on any atom is 0.161 e. The van der Waals surface area contributed by atoms with Gasteiger partial charge in [-0.1, -0.05) is 0 Å². The van der Waals surface area contributed by atoms with Gasteiger partial charge in [0.25, 0.3) is 0 Å². The first-order valence-corrected chi connectivity index (χ1v) is 6.81. The fraction of sp³-hybridized carbons (Fsp3) is 0.800. The molecule has 3 nitrogen and oxygen atoms in total. The van der Waals surface area contributed by atoms with E-state index in [1.54, 1.807) is 6.92 Å². The number of carbonyl (C=O) groups is 1. The van der Waals surface area contributed by atoms with E-state index in [9.17, 15) is 4.79 Å². The Morgan fingerprint density at radius 1 is 1.43 bits per heavy atom. The van der Waals surface area contributed by atoms with Gasteiger partial charge in [-0.2, -0.15) is 0 Å². The summed E-state index contributed by atoms with van der Waals surface area (Å²) in [6.45, 7) is 7.24. The Morgan fingerprint density at radius 2 is 2.14 bits per heavy atom. The highest BCUT2D eigenvalue weighted by atomic mass is 28.2. The largest absolute Gasteiger partial charge is 0.424 e. The molecule has 0 bridgehead atoms. The van der Waals surface area contributed by atoms with Crippen LogP contribution >= 0.6 is 0 Å². The molecule has 0 rings (SSSR count). The van der Waals surface area contributed by atoms with Gasteiger partial charge in [-0.3, -0.25) is 9.79 Å². The maximum atomic E-state index is 10.7. The summed E-state index contributed by atoms with van der Waals surface area (Å²) in [4.78, 5) is 15.1. The second-order valence-corrected chi connectivity index (χ2v) is 4.92. The van der Waals surface area contributed by atoms with Crippen LogP contribution in [-0.2, 0) is 9.22 Å². The molecule has 0 heterocycles. The lowest BCUT2D eigenvalue weighted by atomic mass is 10.2. The number of rotatable bonds is 8. The number of hydrogen-bond acceptors (Lipinski definition) is 3. The van der Waals surface area contributed by atoms with Gasteiger partial charge in [0.05, 0.1) is 0 Å². The summed E-state index contributed by atoms with van der Waals surface area (Å²) in [5.74, 6) is 0.190. The van der Waals surface area contributed by atoms with Gasteiger partial charge in [0.2, 0.25) is 0 Å². The van der Waals surface area contributed by atoms with Crippen LogP contribution in [0.3, 0.4) is 0 Å². The van der Waals surface area contributed by atoms with Crippen LogP contribution in [0.1, 0.15) is 33.6 Å². The quantitative estimate of drug-likeness (QED) is 0.348. The van der Waals surface area contributed by atoms with E-state index >= 15 is 0 Å². The number of hydrogen-bond donors (Lipinski definition) is 0. The van der Waals surface area contributed by atoms with Crippen LogP contribution in [-0.4, -0.2) is 34.4 Å². The van der Waals surface area contributed by atoms with E-state index in [0.29, 0.717) is 6.42 Å². The third-order valence-corrected chi connectivity index (χ3v) is 3.27. The van der Waals surface area contributed by atoms with Crippen molar-refractivity contribution in [1.82, 2.24) is 0 Å². The molecule has 0 spiro atoms. The van der Waals surface area contributed by atoms with Crippen LogP contribution < -0.4 is 0 Å². The molecule has 0 amide bonds. The van der Waals surface area contributed by atoms with Crippen LogP contribution in [0.5, 0.6) is 0 Å². The van der Waals surface area contributed by atoms with Crippen LogP contribution in [0.2, 0.25) is 6.04 Å². The molecule has 0 aromatic carbocycles. The molecule has 0 aromatic heterocycles. The molecule has 0 unspecified atom stereocenters. The fourth-order valence-corrected chi connectivity index (χ4v) is 2.07. The van der Waals surface area contributed by atoms with Gasteiger partial charge >= 0.3 is 0 Å². The first-order valence-electron chi connectivity index (χ1n) is 5.24. The molecule has 14 heavy (non-hydrogen) atoms. The van der Waals surface area contributed by atoms with Crippen molar-refractivity contribution in [3.8, 4) is 0 Å². The average molecular weight is 215 g/mol. The molecular weight excluding hydrogens is 194 g/mol. The molecule has 0 aromatic rings. The van der Waals surface area contributed by atoms with Gasteiger partial charge in [0.1, 0.15) is 5.78 Å². The van der Waals surface area contributed by atoms with Crippen LogP contribution in [0.15, 0.2) is 4.99 Å². The van der Waals surface area contributed by atoms with Gasteiger partial charge in [-0.15, -0.1) is 0 Å². The van der Waals surface area contributed by atoms with Crippen molar-refractivity contribution >= 4 is 21.3 Å². The summed E-state index contributed by atoms with van der Waals surface area (Å²) in [5.41, 5.74) is 0.954. The fourth-order valence-electron chi connectivity index (χ4n) is 1.15. The van der Waals surface area contributed by atoms with E-state index in [1.165, 1.54) is 6.04 Å². The highest BCUT2D eigenvalue weighted by molar-refractivity contribution is 6.26. The molecule has 0 N–H and O–H groups in total. The Balaban J connectivity index is 3.36. The number of carbonyl (C=O) groups excluding carboxylic acids is 1. The lowest BCUT2D eigenvalue weighted by molar-refractivity contribution is -0.115. The summed E-state index contributed by atoms with van der Waals surface area (Å²) >= 11 is 0. The predicted molar refractivity (Wildman–Crippen MR) is 62.9 cm³/mol. The monoisotopic (exact) mass is 215 g/mol. The Labute approximate surface area is 88.9 Å². The molecule has 82 valence electrons. The van der Waals surface area contributed by atoms with Crippen molar-refractivity contribution < 1.29 is 9.22 Å². The molecule has 0 fully saturated rings. The Kier molecular flexibility index (Phi) is 8.77. The third kappa shape index (κ3) is 9.60. The number of aliphatic imine (C=N–C) groups is 1. The van der Waals surface area contributed by atoms with Gasteiger partial charge in [0.15, 0.2) is 9.76 Å². The average Bonchev–Trinajstić information content (AvgIpc) is 2.10. The summed E-state index contributed by atoms with van der Waals surface area (Å²) in [6, 6.07) is 1.19. The molecule has 4 heteroatoms. The van der Waals surface area contributed by atoms with Crippen LogP contribution in [0, 0.1) is 0 Å². The topological polar surface area (TPSA) is 38.7 Å².